The van der Waals surface area contributed by atoms with Gasteiger partial charge in [0, 0.05) is 13.2 Å². The molecule has 0 aliphatic carbocycles. The summed E-state index contributed by atoms with van der Waals surface area (Å²) >= 11 is 0. The number of hydrogen-bond acceptors (Lipinski definition) is 3. The van der Waals surface area contributed by atoms with Crippen LogP contribution in [-0.4, -0.2) is 50.8 Å². The summed E-state index contributed by atoms with van der Waals surface area (Å²) in [6.45, 7) is 10.2. The molecule has 0 amide bonds. The van der Waals surface area contributed by atoms with Crippen LogP contribution in [0.15, 0.2) is 0 Å². The average Bonchev–Trinajstić information content (AvgIpc) is 2.30. The Labute approximate surface area is 101 Å². The van der Waals surface area contributed by atoms with Crippen molar-refractivity contribution >= 4 is 0 Å². The lowest BCUT2D eigenvalue weighted by Crippen LogP contribution is -2.43. The Morgan fingerprint density at radius 1 is 1.38 bits per heavy atom. The summed E-state index contributed by atoms with van der Waals surface area (Å²) in [5.74, 6) is 0.887. The number of piperidine rings is 1. The van der Waals surface area contributed by atoms with Crippen molar-refractivity contribution in [3.05, 3.63) is 0 Å². The van der Waals surface area contributed by atoms with Crippen molar-refractivity contribution < 1.29 is 4.74 Å². The van der Waals surface area contributed by atoms with Crippen LogP contribution in [0.4, 0.5) is 0 Å². The van der Waals surface area contributed by atoms with Gasteiger partial charge in [0.1, 0.15) is 0 Å². The van der Waals surface area contributed by atoms with Crippen LogP contribution in [0.1, 0.15) is 33.1 Å². The predicted octanol–water partition coefficient (Wildman–Crippen LogP) is 1.73. The third-order valence-electron chi connectivity index (χ3n) is 3.54. The first kappa shape index (κ1) is 13.9. The van der Waals surface area contributed by atoms with Crippen molar-refractivity contribution in [2.75, 3.05) is 39.9 Å². The SMILES string of the molecule is CCCNCC1CCN(C(C)COC)CC1. The number of rotatable bonds is 7. The lowest BCUT2D eigenvalue weighted by atomic mass is 9.96. The maximum Gasteiger partial charge on any atom is 0.0615 e. The van der Waals surface area contributed by atoms with Crippen LogP contribution in [0, 0.1) is 5.92 Å². The average molecular weight is 228 g/mol. The van der Waals surface area contributed by atoms with Gasteiger partial charge in [-0.3, -0.25) is 4.90 Å². The molecule has 0 radical (unpaired) electrons. The second-order valence-corrected chi connectivity index (χ2v) is 4.99. The molecule has 0 saturated carbocycles. The minimum atomic E-state index is 0.578. The Balaban J connectivity index is 2.13. The Morgan fingerprint density at radius 3 is 2.62 bits per heavy atom. The van der Waals surface area contributed by atoms with Crippen LogP contribution in [0.2, 0.25) is 0 Å². The van der Waals surface area contributed by atoms with Gasteiger partial charge in [-0.05, 0) is 58.3 Å². The highest BCUT2D eigenvalue weighted by Crippen LogP contribution is 2.18. The van der Waals surface area contributed by atoms with Gasteiger partial charge in [-0.1, -0.05) is 6.92 Å². The van der Waals surface area contributed by atoms with Gasteiger partial charge in [0.2, 0.25) is 0 Å². The molecule has 1 saturated heterocycles. The van der Waals surface area contributed by atoms with Gasteiger partial charge in [-0.2, -0.15) is 0 Å². The van der Waals surface area contributed by atoms with Crippen molar-refractivity contribution in [1.82, 2.24) is 10.2 Å². The first-order valence-electron chi connectivity index (χ1n) is 6.71. The predicted molar refractivity (Wildman–Crippen MR) is 68.8 cm³/mol. The zero-order chi connectivity index (χ0) is 11.8. The molecule has 0 aromatic heterocycles. The zero-order valence-electron chi connectivity index (χ0n) is 11.2. The summed E-state index contributed by atoms with van der Waals surface area (Å²) in [6.07, 6.45) is 3.92. The van der Waals surface area contributed by atoms with Crippen LogP contribution in [0.5, 0.6) is 0 Å². The van der Waals surface area contributed by atoms with Crippen LogP contribution in [0.3, 0.4) is 0 Å². The smallest absolute Gasteiger partial charge is 0.0615 e. The molecule has 1 N–H and O–H groups in total. The van der Waals surface area contributed by atoms with Crippen molar-refractivity contribution in [2.45, 2.75) is 39.2 Å². The molecule has 3 nitrogen and oxygen atoms in total. The summed E-state index contributed by atoms with van der Waals surface area (Å²) in [5.41, 5.74) is 0. The zero-order valence-corrected chi connectivity index (χ0v) is 11.2. The van der Waals surface area contributed by atoms with Gasteiger partial charge in [0.15, 0.2) is 0 Å². The van der Waals surface area contributed by atoms with E-state index in [1.165, 1.54) is 45.4 Å². The molecular formula is C13H28N2O. The van der Waals surface area contributed by atoms with E-state index in [1.807, 2.05) is 0 Å². The van der Waals surface area contributed by atoms with Crippen molar-refractivity contribution in [3.8, 4) is 0 Å². The molecule has 1 aliphatic rings. The van der Waals surface area contributed by atoms with Crippen molar-refractivity contribution in [2.24, 2.45) is 5.92 Å². The third-order valence-corrected chi connectivity index (χ3v) is 3.54. The number of hydrogen-bond donors (Lipinski definition) is 1. The highest BCUT2D eigenvalue weighted by atomic mass is 16.5. The monoisotopic (exact) mass is 228 g/mol. The molecular weight excluding hydrogens is 200 g/mol. The maximum atomic E-state index is 5.21. The maximum absolute atomic E-state index is 5.21. The van der Waals surface area contributed by atoms with E-state index in [-0.39, 0.29) is 0 Å². The first-order valence-corrected chi connectivity index (χ1v) is 6.71. The molecule has 16 heavy (non-hydrogen) atoms. The number of likely N-dealkylation sites (tertiary alicyclic amines) is 1. The highest BCUT2D eigenvalue weighted by Gasteiger charge is 2.22. The fraction of sp³-hybridized carbons (Fsp3) is 1.00. The van der Waals surface area contributed by atoms with Gasteiger partial charge in [-0.25, -0.2) is 0 Å². The lowest BCUT2D eigenvalue weighted by Gasteiger charge is -2.35. The second kappa shape index (κ2) is 8.04. The molecule has 1 fully saturated rings. The largest absolute Gasteiger partial charge is 0.383 e. The standard InChI is InChI=1S/C13H28N2O/c1-4-7-14-10-13-5-8-15(9-6-13)12(2)11-16-3/h12-14H,4-11H2,1-3H3. The Kier molecular flexibility index (Phi) is 7.01. The highest BCUT2D eigenvalue weighted by molar-refractivity contribution is 4.77. The second-order valence-electron chi connectivity index (χ2n) is 4.99. The van der Waals surface area contributed by atoms with Gasteiger partial charge in [-0.15, -0.1) is 0 Å². The summed E-state index contributed by atoms with van der Waals surface area (Å²) in [6, 6.07) is 0.578. The minimum Gasteiger partial charge on any atom is -0.383 e. The van der Waals surface area contributed by atoms with E-state index in [0.717, 1.165) is 12.5 Å². The van der Waals surface area contributed by atoms with Gasteiger partial charge in [0.05, 0.1) is 6.61 Å². The minimum absolute atomic E-state index is 0.578. The topological polar surface area (TPSA) is 24.5 Å². The molecule has 1 atom stereocenters. The van der Waals surface area contributed by atoms with E-state index in [0.29, 0.717) is 6.04 Å². The fourth-order valence-electron chi connectivity index (χ4n) is 2.43. The van der Waals surface area contributed by atoms with Crippen molar-refractivity contribution in [1.29, 1.82) is 0 Å². The van der Waals surface area contributed by atoms with Gasteiger partial charge in [0.25, 0.3) is 0 Å². The van der Waals surface area contributed by atoms with Crippen molar-refractivity contribution in [3.63, 3.8) is 0 Å². The molecule has 0 aromatic rings. The molecule has 1 unspecified atom stereocenters. The number of nitrogens with zero attached hydrogens (tertiary/aromatic N) is 1. The van der Waals surface area contributed by atoms with E-state index in [4.69, 9.17) is 4.74 Å². The van der Waals surface area contributed by atoms with Crippen LogP contribution in [0.25, 0.3) is 0 Å². The van der Waals surface area contributed by atoms with E-state index in [2.05, 4.69) is 24.1 Å². The molecule has 1 heterocycles. The molecule has 1 aliphatic heterocycles. The number of ether oxygens (including phenoxy) is 1. The molecule has 96 valence electrons. The van der Waals surface area contributed by atoms with Crippen LogP contribution in [-0.2, 0) is 4.74 Å². The van der Waals surface area contributed by atoms with Crippen LogP contribution < -0.4 is 5.32 Å². The summed E-state index contributed by atoms with van der Waals surface area (Å²) in [5, 5.41) is 3.53. The molecule has 0 aromatic carbocycles. The van der Waals surface area contributed by atoms with Gasteiger partial charge < -0.3 is 10.1 Å². The van der Waals surface area contributed by atoms with E-state index >= 15 is 0 Å². The quantitative estimate of drug-likeness (QED) is 0.672. The fourth-order valence-corrected chi connectivity index (χ4v) is 2.43. The lowest BCUT2D eigenvalue weighted by molar-refractivity contribution is 0.0735. The molecule has 0 spiro atoms. The third kappa shape index (κ3) is 4.81. The normalized spacial score (nSPS) is 21.2. The summed E-state index contributed by atoms with van der Waals surface area (Å²) in [4.78, 5) is 2.56. The van der Waals surface area contributed by atoms with E-state index < -0.39 is 0 Å². The Bertz CT molecular complexity index is 167. The summed E-state index contributed by atoms with van der Waals surface area (Å²) < 4.78 is 5.21. The number of methoxy groups -OCH3 is 1. The molecule has 3 heteroatoms. The number of nitrogens with one attached hydrogen (secondary N) is 1. The Hall–Kier alpha value is -0.120. The van der Waals surface area contributed by atoms with E-state index in [1.54, 1.807) is 7.11 Å². The van der Waals surface area contributed by atoms with Gasteiger partial charge >= 0.3 is 0 Å². The Morgan fingerprint density at radius 2 is 2.06 bits per heavy atom. The molecule has 0 bridgehead atoms. The first-order chi connectivity index (χ1) is 7.77. The molecule has 1 rings (SSSR count). The van der Waals surface area contributed by atoms with E-state index in [9.17, 15) is 0 Å². The van der Waals surface area contributed by atoms with Crippen LogP contribution >= 0.6 is 0 Å². The summed E-state index contributed by atoms with van der Waals surface area (Å²) in [7, 11) is 1.79.